The van der Waals surface area contributed by atoms with Gasteiger partial charge < -0.3 is 5.32 Å². The number of aromatic nitrogens is 5. The van der Waals surface area contributed by atoms with E-state index in [4.69, 9.17) is 11.6 Å². The monoisotopic (exact) mass is 366 g/mol. The van der Waals surface area contributed by atoms with Gasteiger partial charge in [-0.1, -0.05) is 29.4 Å². The number of thiazole rings is 1. The number of hydrogen-bond acceptors (Lipinski definition) is 7. The van der Waals surface area contributed by atoms with Crippen LogP contribution < -0.4 is 5.32 Å². The Morgan fingerprint density at radius 1 is 1.48 bits per heavy atom. The predicted molar refractivity (Wildman–Crippen MR) is 90.4 cm³/mol. The third-order valence-electron chi connectivity index (χ3n) is 2.85. The van der Waals surface area contributed by atoms with Crippen molar-refractivity contribution in [2.75, 3.05) is 11.1 Å². The van der Waals surface area contributed by atoms with Gasteiger partial charge in [0.15, 0.2) is 5.13 Å². The Kier molecular flexibility index (Phi) is 4.89. The molecular formula is C13H11ClN6OS2. The Bertz CT molecular complexity index is 820. The smallest absolute Gasteiger partial charge is 0.236 e. The van der Waals surface area contributed by atoms with E-state index in [-0.39, 0.29) is 11.7 Å². The Morgan fingerprint density at radius 3 is 3.09 bits per heavy atom. The maximum absolute atomic E-state index is 11.9. The molecule has 1 aromatic carbocycles. The van der Waals surface area contributed by atoms with Gasteiger partial charge in [-0.05, 0) is 35.0 Å². The van der Waals surface area contributed by atoms with Crippen LogP contribution in [0, 0.1) is 6.92 Å². The summed E-state index contributed by atoms with van der Waals surface area (Å²) in [6, 6.07) is 5.55. The van der Waals surface area contributed by atoms with Gasteiger partial charge in [-0.25, -0.2) is 4.98 Å². The van der Waals surface area contributed by atoms with Crippen molar-refractivity contribution in [3.05, 3.63) is 40.4 Å². The summed E-state index contributed by atoms with van der Waals surface area (Å²) < 4.78 is 1.55. The highest BCUT2D eigenvalue weighted by atomic mass is 35.5. The highest BCUT2D eigenvalue weighted by Gasteiger charge is 2.13. The van der Waals surface area contributed by atoms with Crippen LogP contribution in [0.5, 0.6) is 0 Å². The highest BCUT2D eigenvalue weighted by Crippen LogP contribution is 2.23. The minimum absolute atomic E-state index is 0.165. The Hall–Kier alpha value is -1.97. The Labute approximate surface area is 145 Å². The molecule has 1 N–H and O–H groups in total. The van der Waals surface area contributed by atoms with Crippen LogP contribution in [-0.2, 0) is 4.79 Å². The van der Waals surface area contributed by atoms with Gasteiger partial charge in [0.1, 0.15) is 0 Å². The van der Waals surface area contributed by atoms with E-state index >= 15 is 0 Å². The molecule has 0 saturated heterocycles. The third kappa shape index (κ3) is 3.87. The number of benzene rings is 1. The van der Waals surface area contributed by atoms with Gasteiger partial charge in [-0.3, -0.25) is 4.79 Å². The number of anilines is 1. The summed E-state index contributed by atoms with van der Waals surface area (Å²) in [7, 11) is 0. The van der Waals surface area contributed by atoms with E-state index < -0.39 is 0 Å². The topological polar surface area (TPSA) is 85.6 Å². The number of nitrogens with zero attached hydrogens (tertiary/aromatic N) is 5. The van der Waals surface area contributed by atoms with E-state index in [1.165, 1.54) is 23.1 Å². The van der Waals surface area contributed by atoms with Crippen molar-refractivity contribution < 1.29 is 4.79 Å². The second-order valence-corrected chi connectivity index (χ2v) is 6.73. The third-order valence-corrected chi connectivity index (χ3v) is 4.87. The average Bonchev–Trinajstić information content (AvgIpc) is 3.19. The van der Waals surface area contributed by atoms with E-state index in [2.05, 4.69) is 25.8 Å². The van der Waals surface area contributed by atoms with E-state index in [1.54, 1.807) is 22.3 Å². The number of amides is 1. The van der Waals surface area contributed by atoms with Crippen LogP contribution in [0.2, 0.25) is 5.02 Å². The first-order valence-corrected chi connectivity index (χ1v) is 8.75. The zero-order valence-corrected chi connectivity index (χ0v) is 14.3. The summed E-state index contributed by atoms with van der Waals surface area (Å²) in [5.74, 6) is 0.0148. The number of carbonyl (C=O) groups excluding carboxylic acids is 1. The van der Waals surface area contributed by atoms with Gasteiger partial charge in [-0.2, -0.15) is 4.68 Å². The van der Waals surface area contributed by atoms with Crippen LogP contribution in [0.25, 0.3) is 5.69 Å². The number of nitrogens with one attached hydrogen (secondary N) is 1. The van der Waals surface area contributed by atoms with E-state index in [0.29, 0.717) is 15.3 Å². The lowest BCUT2D eigenvalue weighted by Gasteiger charge is -2.06. The van der Waals surface area contributed by atoms with Gasteiger partial charge in [0.25, 0.3) is 0 Å². The van der Waals surface area contributed by atoms with Gasteiger partial charge in [0, 0.05) is 16.6 Å². The molecule has 0 fully saturated rings. The molecule has 3 aromatic rings. The van der Waals surface area contributed by atoms with Crippen molar-refractivity contribution in [2.24, 2.45) is 0 Å². The van der Waals surface area contributed by atoms with Crippen LogP contribution in [0.4, 0.5) is 5.13 Å². The predicted octanol–water partition coefficient (Wildman–Crippen LogP) is 2.81. The molecule has 0 aliphatic heterocycles. The van der Waals surface area contributed by atoms with Gasteiger partial charge in [-0.15, -0.1) is 16.4 Å². The summed E-state index contributed by atoms with van der Waals surface area (Å²) in [5.41, 5.74) is 1.72. The molecule has 1 amide bonds. The molecule has 0 radical (unpaired) electrons. The quantitative estimate of drug-likeness (QED) is 0.699. The molecule has 0 aliphatic rings. The van der Waals surface area contributed by atoms with Crippen molar-refractivity contribution in [2.45, 2.75) is 12.1 Å². The molecule has 0 aliphatic carbocycles. The van der Waals surface area contributed by atoms with Crippen molar-refractivity contribution in [1.29, 1.82) is 0 Å². The van der Waals surface area contributed by atoms with E-state index in [9.17, 15) is 4.79 Å². The van der Waals surface area contributed by atoms with Crippen molar-refractivity contribution in [1.82, 2.24) is 25.2 Å². The first-order chi connectivity index (χ1) is 11.1. The van der Waals surface area contributed by atoms with Crippen LogP contribution >= 0.6 is 34.7 Å². The van der Waals surface area contributed by atoms with E-state index in [1.807, 2.05) is 19.1 Å². The normalized spacial score (nSPS) is 10.7. The summed E-state index contributed by atoms with van der Waals surface area (Å²) in [6.45, 7) is 1.92. The number of tetrazole rings is 1. The van der Waals surface area contributed by atoms with E-state index in [0.717, 1.165) is 11.3 Å². The van der Waals surface area contributed by atoms with Crippen molar-refractivity contribution in [3.8, 4) is 5.69 Å². The first-order valence-electron chi connectivity index (χ1n) is 6.50. The van der Waals surface area contributed by atoms with Gasteiger partial charge >= 0.3 is 0 Å². The first kappa shape index (κ1) is 15.9. The SMILES string of the molecule is Cc1ccc(-n2nnnc2SCC(=O)Nc2nccs2)cc1Cl. The van der Waals surface area contributed by atoms with Crippen molar-refractivity contribution >= 4 is 45.7 Å². The number of aryl methyl sites for hydroxylation is 1. The average molecular weight is 367 g/mol. The lowest BCUT2D eigenvalue weighted by Crippen LogP contribution is -2.14. The van der Waals surface area contributed by atoms with Crippen molar-refractivity contribution in [3.63, 3.8) is 0 Å². The van der Waals surface area contributed by atoms with Crippen LogP contribution in [0.1, 0.15) is 5.56 Å². The second-order valence-electron chi connectivity index (χ2n) is 4.48. The molecule has 2 aromatic heterocycles. The molecule has 0 bridgehead atoms. The lowest BCUT2D eigenvalue weighted by molar-refractivity contribution is -0.113. The summed E-state index contributed by atoms with van der Waals surface area (Å²) in [4.78, 5) is 15.9. The lowest BCUT2D eigenvalue weighted by atomic mass is 10.2. The fourth-order valence-corrected chi connectivity index (χ4v) is 3.13. The molecule has 0 atom stereocenters. The standard InChI is InChI=1S/C13H11ClN6OS2/c1-8-2-3-9(6-10(8)14)20-13(17-18-19-20)23-7-11(21)16-12-15-4-5-22-12/h2-6H,7H2,1H3,(H,15,16,21). The van der Waals surface area contributed by atoms with Crippen LogP contribution in [-0.4, -0.2) is 36.9 Å². The molecule has 3 rings (SSSR count). The zero-order valence-electron chi connectivity index (χ0n) is 11.9. The summed E-state index contributed by atoms with van der Waals surface area (Å²) in [6.07, 6.45) is 1.63. The maximum atomic E-state index is 11.9. The largest absolute Gasteiger partial charge is 0.301 e. The van der Waals surface area contributed by atoms with Crippen LogP contribution in [0.3, 0.4) is 0 Å². The van der Waals surface area contributed by atoms with Crippen LogP contribution in [0.15, 0.2) is 34.9 Å². The zero-order chi connectivity index (χ0) is 16.2. The molecule has 118 valence electrons. The number of rotatable bonds is 5. The highest BCUT2D eigenvalue weighted by molar-refractivity contribution is 7.99. The van der Waals surface area contributed by atoms with Gasteiger partial charge in [0.05, 0.1) is 11.4 Å². The maximum Gasteiger partial charge on any atom is 0.236 e. The molecule has 0 spiro atoms. The van der Waals surface area contributed by atoms with Gasteiger partial charge in [0.2, 0.25) is 11.1 Å². The number of hydrogen-bond donors (Lipinski definition) is 1. The number of carbonyl (C=O) groups is 1. The number of thioether (sulfide) groups is 1. The minimum Gasteiger partial charge on any atom is -0.301 e. The molecular weight excluding hydrogens is 356 g/mol. The summed E-state index contributed by atoms with van der Waals surface area (Å²) >= 11 is 8.73. The fourth-order valence-electron chi connectivity index (χ4n) is 1.72. The molecule has 0 unspecified atom stereocenters. The minimum atomic E-state index is -0.165. The fraction of sp³-hybridized carbons (Fsp3) is 0.154. The second kappa shape index (κ2) is 7.07. The molecule has 0 saturated carbocycles. The summed E-state index contributed by atoms with van der Waals surface area (Å²) in [5, 5.41) is 17.8. The molecule has 23 heavy (non-hydrogen) atoms. The Balaban J connectivity index is 1.68. The number of halogens is 1. The molecule has 7 nitrogen and oxygen atoms in total. The Morgan fingerprint density at radius 2 is 2.35 bits per heavy atom. The molecule has 2 heterocycles. The molecule has 10 heteroatoms.